The summed E-state index contributed by atoms with van der Waals surface area (Å²) in [6, 6.07) is 0. The molecule has 0 aliphatic heterocycles. The van der Waals surface area contributed by atoms with Crippen molar-refractivity contribution in [2.75, 3.05) is 12.3 Å². The van der Waals surface area contributed by atoms with Crippen LogP contribution in [0.15, 0.2) is 11.7 Å². The molecule has 1 unspecified atom stereocenters. The van der Waals surface area contributed by atoms with Crippen LogP contribution in [0.5, 0.6) is 0 Å². The molecule has 0 saturated carbocycles. The summed E-state index contributed by atoms with van der Waals surface area (Å²) in [7, 11) is -4.69. The van der Waals surface area contributed by atoms with Crippen molar-refractivity contribution in [2.45, 2.75) is 26.8 Å². The SMILES string of the molecule is Cc1ncc(C[n+]2csc(CCOP(=O)(O)O[N+](=O)[O-])c2C)c(N)n1.[Cl-]. The number of halogens is 1. The van der Waals surface area contributed by atoms with Gasteiger partial charge in [-0.3, -0.25) is 4.52 Å². The molecule has 0 aliphatic carbocycles. The van der Waals surface area contributed by atoms with Crippen LogP contribution in [0.3, 0.4) is 0 Å². The largest absolute Gasteiger partial charge is 1.00 e. The Hall–Kier alpha value is -1.85. The summed E-state index contributed by atoms with van der Waals surface area (Å²) in [6.45, 7) is 3.92. The number of aryl methyl sites for hydroxylation is 1. The van der Waals surface area contributed by atoms with Crippen molar-refractivity contribution in [1.82, 2.24) is 9.97 Å². The van der Waals surface area contributed by atoms with Crippen LogP contribution in [0, 0.1) is 24.0 Å². The van der Waals surface area contributed by atoms with Crippen LogP contribution in [-0.2, 0) is 26.7 Å². The van der Waals surface area contributed by atoms with E-state index in [1.807, 2.05) is 17.0 Å². The summed E-state index contributed by atoms with van der Waals surface area (Å²) >= 11 is 1.42. The number of thiazole rings is 1. The average molecular weight is 426 g/mol. The summed E-state index contributed by atoms with van der Waals surface area (Å²) in [5.74, 6) is 1.00. The second kappa shape index (κ2) is 9.19. The molecular weight excluding hydrogens is 409 g/mol. The van der Waals surface area contributed by atoms with E-state index in [1.54, 1.807) is 13.1 Å². The van der Waals surface area contributed by atoms with Crippen LogP contribution in [0.2, 0.25) is 0 Å². The highest BCUT2D eigenvalue weighted by atomic mass is 35.5. The highest BCUT2D eigenvalue weighted by Crippen LogP contribution is 2.43. The Morgan fingerprint density at radius 2 is 2.19 bits per heavy atom. The van der Waals surface area contributed by atoms with Gasteiger partial charge in [0.1, 0.15) is 11.6 Å². The number of phosphoric acid groups is 1. The van der Waals surface area contributed by atoms with Gasteiger partial charge in [0.15, 0.2) is 12.2 Å². The zero-order valence-corrected chi connectivity index (χ0v) is 16.3. The maximum atomic E-state index is 11.3. The average Bonchev–Trinajstić information content (AvgIpc) is 2.81. The van der Waals surface area contributed by atoms with Crippen molar-refractivity contribution in [3.8, 4) is 0 Å². The van der Waals surface area contributed by atoms with Gasteiger partial charge in [-0.05, 0) is 6.92 Å². The molecule has 2 aromatic heterocycles. The number of nitrogens with two attached hydrogens (primary N) is 1. The molecule has 2 heterocycles. The molecule has 11 nitrogen and oxygen atoms in total. The van der Waals surface area contributed by atoms with E-state index < -0.39 is 12.9 Å². The molecule has 0 amide bonds. The number of rotatable bonds is 8. The van der Waals surface area contributed by atoms with Gasteiger partial charge in [-0.2, -0.15) is 9.19 Å². The van der Waals surface area contributed by atoms with Crippen molar-refractivity contribution in [2.24, 2.45) is 0 Å². The minimum absolute atomic E-state index is 0. The first kappa shape index (κ1) is 22.2. The number of aromatic nitrogens is 3. The van der Waals surface area contributed by atoms with Crippen LogP contribution < -0.4 is 22.7 Å². The number of phosphoric ester groups is 1. The minimum atomic E-state index is -4.69. The van der Waals surface area contributed by atoms with E-state index in [0.29, 0.717) is 24.6 Å². The molecule has 0 aromatic carbocycles. The van der Waals surface area contributed by atoms with Crippen molar-refractivity contribution >= 4 is 25.0 Å². The standard InChI is InChI=1S/C12H16N5O6PS.ClH/c1-8-11(3-4-22-24(20,21)23-17(18)19)25-7-16(8)6-10-5-14-9(2)15-12(10)13;/h5,7H,3-4,6H2,1-2H3,(H2-,13,14,15,20,21);1H. The lowest BCUT2D eigenvalue weighted by atomic mass is 10.2. The quantitative estimate of drug-likeness (QED) is 0.210. The molecule has 1 atom stereocenters. The fraction of sp³-hybridized carbons (Fsp3) is 0.417. The van der Waals surface area contributed by atoms with E-state index in [0.717, 1.165) is 16.1 Å². The van der Waals surface area contributed by atoms with Gasteiger partial charge in [-0.1, -0.05) is 11.3 Å². The van der Waals surface area contributed by atoms with Gasteiger partial charge in [0, 0.05) is 19.5 Å². The number of nitrogen functional groups attached to an aromatic ring is 1. The minimum Gasteiger partial charge on any atom is -1.00 e. The third-order valence-electron chi connectivity index (χ3n) is 3.27. The molecule has 0 bridgehead atoms. The van der Waals surface area contributed by atoms with Crippen LogP contribution in [-0.4, -0.2) is 26.6 Å². The highest BCUT2D eigenvalue weighted by Gasteiger charge is 2.26. The van der Waals surface area contributed by atoms with E-state index in [4.69, 9.17) is 10.6 Å². The molecule has 2 rings (SSSR count). The van der Waals surface area contributed by atoms with Crippen LogP contribution >= 0.6 is 19.2 Å². The number of hydrogen-bond donors (Lipinski definition) is 2. The van der Waals surface area contributed by atoms with Crippen molar-refractivity contribution in [3.05, 3.63) is 43.8 Å². The first-order valence-electron chi connectivity index (χ1n) is 7.04. The van der Waals surface area contributed by atoms with Crippen molar-refractivity contribution in [1.29, 1.82) is 0 Å². The number of anilines is 1. The van der Waals surface area contributed by atoms with E-state index >= 15 is 0 Å². The lowest BCUT2D eigenvalue weighted by molar-refractivity contribution is -0.718. The van der Waals surface area contributed by atoms with Gasteiger partial charge in [0.2, 0.25) is 5.51 Å². The van der Waals surface area contributed by atoms with Gasteiger partial charge < -0.3 is 23.0 Å². The molecule has 0 fully saturated rings. The zero-order valence-electron chi connectivity index (χ0n) is 13.9. The third-order valence-corrected chi connectivity index (χ3v) is 5.26. The van der Waals surface area contributed by atoms with E-state index in [9.17, 15) is 14.7 Å². The Balaban J connectivity index is 0.00000338. The first-order chi connectivity index (χ1) is 11.7. The van der Waals surface area contributed by atoms with E-state index in [-0.39, 0.29) is 19.0 Å². The first-order valence-corrected chi connectivity index (χ1v) is 9.41. The smallest absolute Gasteiger partial charge is 0.503 e. The van der Waals surface area contributed by atoms with Gasteiger partial charge in [0.25, 0.3) is 0 Å². The summed E-state index contributed by atoms with van der Waals surface area (Å²) in [5, 5.41) is 8.72. The summed E-state index contributed by atoms with van der Waals surface area (Å²) in [4.78, 5) is 28.3. The van der Waals surface area contributed by atoms with Crippen molar-refractivity contribution < 1.29 is 40.7 Å². The van der Waals surface area contributed by atoms with Crippen molar-refractivity contribution in [3.63, 3.8) is 0 Å². The lowest BCUT2D eigenvalue weighted by Gasteiger charge is -2.07. The summed E-state index contributed by atoms with van der Waals surface area (Å²) < 4.78 is 21.3. The molecular formula is C12H17ClN5O6PS. The van der Waals surface area contributed by atoms with Crippen LogP contribution in [0.1, 0.15) is 22.0 Å². The molecule has 26 heavy (non-hydrogen) atoms. The highest BCUT2D eigenvalue weighted by molar-refractivity contribution is 7.47. The van der Waals surface area contributed by atoms with Gasteiger partial charge in [-0.25, -0.2) is 14.5 Å². The summed E-state index contributed by atoms with van der Waals surface area (Å²) in [6.07, 6.45) is 1.97. The molecule has 3 N–H and O–H groups in total. The second-order valence-electron chi connectivity index (χ2n) is 5.04. The normalized spacial score (nSPS) is 12.9. The van der Waals surface area contributed by atoms with Gasteiger partial charge >= 0.3 is 12.9 Å². The van der Waals surface area contributed by atoms with Crippen LogP contribution in [0.4, 0.5) is 5.82 Å². The fourth-order valence-corrected chi connectivity index (χ4v) is 3.54. The fourth-order valence-electron chi connectivity index (χ4n) is 2.03. The Morgan fingerprint density at radius 1 is 1.50 bits per heavy atom. The van der Waals surface area contributed by atoms with E-state index in [2.05, 4.69) is 19.1 Å². The Morgan fingerprint density at radius 3 is 2.81 bits per heavy atom. The lowest BCUT2D eigenvalue weighted by Crippen LogP contribution is -3.00. The Bertz CT molecular complexity index is 834. The van der Waals surface area contributed by atoms with Gasteiger partial charge in [0.05, 0.1) is 17.0 Å². The topological polar surface area (TPSA) is 155 Å². The van der Waals surface area contributed by atoms with Gasteiger partial charge in [-0.15, -0.1) is 10.1 Å². The molecule has 144 valence electrons. The zero-order chi connectivity index (χ0) is 18.6. The molecule has 14 heteroatoms. The molecule has 0 spiro atoms. The predicted octanol–water partition coefficient (Wildman–Crippen LogP) is -2.06. The molecule has 0 saturated heterocycles. The monoisotopic (exact) mass is 425 g/mol. The molecule has 0 aliphatic rings. The maximum Gasteiger partial charge on any atom is 0.503 e. The predicted molar refractivity (Wildman–Crippen MR) is 87.1 cm³/mol. The number of hydrogen-bond acceptors (Lipinski definition) is 9. The van der Waals surface area contributed by atoms with E-state index in [1.165, 1.54) is 11.3 Å². The Kier molecular flexibility index (Phi) is 7.85. The molecule has 2 aromatic rings. The van der Waals surface area contributed by atoms with Crippen LogP contribution in [0.25, 0.3) is 0 Å². The summed E-state index contributed by atoms with van der Waals surface area (Å²) in [5.41, 5.74) is 9.45. The molecule has 0 radical (unpaired) electrons. The second-order valence-corrected chi connectivity index (χ2v) is 7.34. The third kappa shape index (κ3) is 6.15. The number of nitrogens with zero attached hydrogens (tertiary/aromatic N) is 4. The maximum absolute atomic E-state index is 11.3. The Labute approximate surface area is 158 Å².